The van der Waals surface area contributed by atoms with E-state index in [2.05, 4.69) is 4.99 Å². The van der Waals surface area contributed by atoms with Gasteiger partial charge < -0.3 is 10.5 Å². The average molecular weight is 359 g/mol. The molecule has 1 unspecified atom stereocenters. The summed E-state index contributed by atoms with van der Waals surface area (Å²) in [6.45, 7) is 3.49. The van der Waals surface area contributed by atoms with Crippen LogP contribution in [0.15, 0.2) is 53.5 Å². The Labute approximate surface area is 151 Å². The molecule has 0 aliphatic heterocycles. The summed E-state index contributed by atoms with van der Waals surface area (Å²) in [5.74, 6) is -0.407. The van der Waals surface area contributed by atoms with E-state index in [4.69, 9.17) is 22.1 Å². The summed E-state index contributed by atoms with van der Waals surface area (Å²) in [6, 6.07) is 13.5. The number of hydrogen-bond donors (Lipinski definition) is 1. The molecule has 0 spiro atoms. The van der Waals surface area contributed by atoms with Gasteiger partial charge in [0.2, 0.25) is 5.78 Å². The highest BCUT2D eigenvalue weighted by Crippen LogP contribution is 2.15. The number of aliphatic imine (C=N–C) groups is 1. The van der Waals surface area contributed by atoms with Crippen molar-refractivity contribution in [3.05, 3.63) is 65.2 Å². The van der Waals surface area contributed by atoms with E-state index in [1.165, 1.54) is 0 Å². The van der Waals surface area contributed by atoms with E-state index in [0.29, 0.717) is 16.8 Å². The van der Waals surface area contributed by atoms with Crippen LogP contribution in [0.5, 0.6) is 0 Å². The Morgan fingerprint density at radius 2 is 1.64 bits per heavy atom. The monoisotopic (exact) mass is 358 g/mol. The van der Waals surface area contributed by atoms with Crippen LogP contribution in [0, 0.1) is 6.92 Å². The van der Waals surface area contributed by atoms with Crippen molar-refractivity contribution in [3.63, 3.8) is 0 Å². The number of hydrogen-bond acceptors (Lipinski definition) is 4. The summed E-state index contributed by atoms with van der Waals surface area (Å²) in [5, 5.41) is 0. The van der Waals surface area contributed by atoms with Gasteiger partial charge in [0.1, 0.15) is 5.84 Å². The minimum Gasteiger partial charge on any atom is -0.451 e. The highest BCUT2D eigenvalue weighted by atomic mass is 35.5. The third-order valence-corrected chi connectivity index (χ3v) is 3.78. The summed E-state index contributed by atoms with van der Waals surface area (Å²) in [7, 11) is 0. The Hall–Kier alpha value is -2.66. The second kappa shape index (κ2) is 8.44. The first-order chi connectivity index (χ1) is 11.9. The molecule has 1 atom stereocenters. The van der Waals surface area contributed by atoms with E-state index in [9.17, 15) is 9.59 Å². The Balaban J connectivity index is 2.03. The van der Waals surface area contributed by atoms with Crippen LogP contribution in [0.25, 0.3) is 0 Å². The van der Waals surface area contributed by atoms with Gasteiger partial charge in [-0.3, -0.25) is 4.79 Å². The zero-order chi connectivity index (χ0) is 18.4. The SMILES string of the molecule is Cc1ccc(C(=O)C(C)OC(=O)c2ccc(N=C(N)CCl)cc2)cc1. The lowest BCUT2D eigenvalue weighted by Crippen LogP contribution is -2.24. The first-order valence-electron chi connectivity index (χ1n) is 7.71. The predicted octanol–water partition coefficient (Wildman–Crippen LogP) is 3.65. The molecule has 0 heterocycles. The first kappa shape index (κ1) is 18.7. The van der Waals surface area contributed by atoms with Crippen molar-refractivity contribution in [2.75, 3.05) is 5.88 Å². The molecule has 5 nitrogen and oxygen atoms in total. The van der Waals surface area contributed by atoms with Crippen molar-refractivity contribution in [1.82, 2.24) is 0 Å². The number of Topliss-reactive ketones (excluding diaryl/α,β-unsaturated/α-hetero) is 1. The molecule has 0 aliphatic carbocycles. The fraction of sp³-hybridized carbons (Fsp3) is 0.211. The number of benzene rings is 2. The molecule has 0 saturated carbocycles. The van der Waals surface area contributed by atoms with Crippen LogP contribution >= 0.6 is 11.6 Å². The largest absolute Gasteiger partial charge is 0.451 e. The van der Waals surface area contributed by atoms with Gasteiger partial charge in [0.25, 0.3) is 0 Å². The molecule has 2 aromatic carbocycles. The van der Waals surface area contributed by atoms with Crippen LogP contribution in [-0.2, 0) is 4.74 Å². The van der Waals surface area contributed by atoms with E-state index in [1.807, 2.05) is 19.1 Å². The lowest BCUT2D eigenvalue weighted by atomic mass is 10.1. The summed E-state index contributed by atoms with van der Waals surface area (Å²) in [6.07, 6.45) is -0.875. The van der Waals surface area contributed by atoms with Gasteiger partial charge in [-0.2, -0.15) is 0 Å². The molecule has 0 saturated heterocycles. The van der Waals surface area contributed by atoms with Gasteiger partial charge in [-0.25, -0.2) is 9.79 Å². The number of ether oxygens (including phenoxy) is 1. The third-order valence-electron chi connectivity index (χ3n) is 3.50. The highest BCUT2D eigenvalue weighted by molar-refractivity contribution is 6.28. The number of halogens is 1. The van der Waals surface area contributed by atoms with E-state index in [1.54, 1.807) is 43.3 Å². The van der Waals surface area contributed by atoms with Gasteiger partial charge in [0.15, 0.2) is 6.10 Å². The predicted molar refractivity (Wildman–Crippen MR) is 98.8 cm³/mol. The molecule has 0 aliphatic rings. The molecular weight excluding hydrogens is 340 g/mol. The van der Waals surface area contributed by atoms with Crippen LogP contribution < -0.4 is 5.73 Å². The van der Waals surface area contributed by atoms with E-state index >= 15 is 0 Å². The summed E-state index contributed by atoms with van der Waals surface area (Å²) in [4.78, 5) is 28.6. The zero-order valence-electron chi connectivity index (χ0n) is 14.0. The van der Waals surface area contributed by atoms with Gasteiger partial charge in [0, 0.05) is 5.56 Å². The third kappa shape index (κ3) is 5.16. The summed E-state index contributed by atoms with van der Waals surface area (Å²) >= 11 is 5.57. The first-order valence-corrected chi connectivity index (χ1v) is 8.25. The average Bonchev–Trinajstić information content (AvgIpc) is 2.62. The number of rotatable bonds is 6. The molecule has 2 aromatic rings. The van der Waals surface area contributed by atoms with Crippen LogP contribution in [-0.4, -0.2) is 29.6 Å². The maximum atomic E-state index is 12.3. The summed E-state index contributed by atoms with van der Waals surface area (Å²) < 4.78 is 5.25. The molecule has 0 fully saturated rings. The van der Waals surface area contributed by atoms with Crippen molar-refractivity contribution in [1.29, 1.82) is 0 Å². The van der Waals surface area contributed by atoms with Crippen molar-refractivity contribution in [3.8, 4) is 0 Å². The molecular formula is C19H19ClN2O3. The second-order valence-corrected chi connectivity index (χ2v) is 5.83. The van der Waals surface area contributed by atoms with Crippen molar-refractivity contribution < 1.29 is 14.3 Å². The number of amidine groups is 1. The molecule has 25 heavy (non-hydrogen) atoms. The molecule has 2 N–H and O–H groups in total. The van der Waals surface area contributed by atoms with Crippen LogP contribution in [0.3, 0.4) is 0 Å². The van der Waals surface area contributed by atoms with Gasteiger partial charge in [-0.05, 0) is 38.1 Å². The van der Waals surface area contributed by atoms with Gasteiger partial charge in [0.05, 0.1) is 17.1 Å². The van der Waals surface area contributed by atoms with Crippen molar-refractivity contribution >= 4 is 34.9 Å². The Morgan fingerprint density at radius 3 is 2.20 bits per heavy atom. The van der Waals surface area contributed by atoms with E-state index < -0.39 is 12.1 Å². The summed E-state index contributed by atoms with van der Waals surface area (Å²) in [5.41, 5.74) is 8.02. The number of nitrogens with two attached hydrogens (primary N) is 1. The van der Waals surface area contributed by atoms with Gasteiger partial charge >= 0.3 is 5.97 Å². The smallest absolute Gasteiger partial charge is 0.338 e. The number of nitrogens with zero attached hydrogens (tertiary/aromatic N) is 1. The lowest BCUT2D eigenvalue weighted by molar-refractivity contribution is 0.0319. The fourth-order valence-electron chi connectivity index (χ4n) is 2.10. The van der Waals surface area contributed by atoms with Crippen LogP contribution in [0.4, 0.5) is 5.69 Å². The fourth-order valence-corrected chi connectivity index (χ4v) is 2.16. The molecule has 0 amide bonds. The van der Waals surface area contributed by atoms with E-state index in [-0.39, 0.29) is 17.5 Å². The number of ketones is 1. The quantitative estimate of drug-likeness (QED) is 0.281. The standard InChI is InChI=1S/C19H19ClN2O3/c1-12-3-5-14(6-4-12)18(23)13(2)25-19(24)15-7-9-16(10-8-15)22-17(21)11-20/h3-10,13H,11H2,1-2H3,(H2,21,22). The Morgan fingerprint density at radius 1 is 1.08 bits per heavy atom. The lowest BCUT2D eigenvalue weighted by Gasteiger charge is -2.12. The Kier molecular flexibility index (Phi) is 6.31. The molecule has 130 valence electrons. The zero-order valence-corrected chi connectivity index (χ0v) is 14.8. The van der Waals surface area contributed by atoms with Crippen LogP contribution in [0.2, 0.25) is 0 Å². The number of aryl methyl sites for hydroxylation is 1. The molecule has 6 heteroatoms. The number of esters is 1. The topological polar surface area (TPSA) is 81.8 Å². The Bertz CT molecular complexity index is 783. The van der Waals surface area contributed by atoms with Crippen LogP contribution in [0.1, 0.15) is 33.2 Å². The molecule has 0 bridgehead atoms. The van der Waals surface area contributed by atoms with Crippen molar-refractivity contribution in [2.45, 2.75) is 20.0 Å². The maximum Gasteiger partial charge on any atom is 0.338 e. The molecule has 0 radical (unpaired) electrons. The van der Waals surface area contributed by atoms with Crippen molar-refractivity contribution in [2.24, 2.45) is 10.7 Å². The second-order valence-electron chi connectivity index (χ2n) is 5.56. The maximum absolute atomic E-state index is 12.3. The number of carbonyl (C=O) groups is 2. The molecule has 2 rings (SSSR count). The molecule has 0 aromatic heterocycles. The van der Waals surface area contributed by atoms with E-state index in [0.717, 1.165) is 5.56 Å². The highest BCUT2D eigenvalue weighted by Gasteiger charge is 2.20. The number of alkyl halides is 1. The van der Waals surface area contributed by atoms with Gasteiger partial charge in [-0.15, -0.1) is 11.6 Å². The number of carbonyl (C=O) groups excluding carboxylic acids is 2. The normalized spacial score (nSPS) is 12.5. The minimum atomic E-state index is -0.875. The minimum absolute atomic E-state index is 0.127. The van der Waals surface area contributed by atoms with Gasteiger partial charge in [-0.1, -0.05) is 29.8 Å².